The van der Waals surface area contributed by atoms with E-state index in [4.69, 9.17) is 0 Å². The van der Waals surface area contributed by atoms with Crippen LogP contribution >= 0.6 is 0 Å². The maximum atomic E-state index is 13.2. The van der Waals surface area contributed by atoms with Crippen LogP contribution in [0.5, 0.6) is 11.5 Å². The summed E-state index contributed by atoms with van der Waals surface area (Å²) >= 11 is 0. The van der Waals surface area contributed by atoms with Crippen molar-refractivity contribution in [3.63, 3.8) is 0 Å². The number of aromatic hydroxyl groups is 2. The quantitative estimate of drug-likeness (QED) is 0.440. The number of nitrogens with zero attached hydrogens (tertiary/aromatic N) is 1. The molecule has 2 aromatic rings. The van der Waals surface area contributed by atoms with Crippen molar-refractivity contribution in [2.45, 2.75) is 31.4 Å². The molecule has 0 unspecified atom stereocenters. The molecule has 0 spiro atoms. The van der Waals surface area contributed by atoms with Gasteiger partial charge in [-0.1, -0.05) is 24.3 Å². The summed E-state index contributed by atoms with van der Waals surface area (Å²) in [6.07, 6.45) is -0.299. The summed E-state index contributed by atoms with van der Waals surface area (Å²) in [5, 5.41) is 36.6. The molecule has 0 amide bonds. The van der Waals surface area contributed by atoms with Crippen LogP contribution in [0.25, 0.3) is 0 Å². The fourth-order valence-corrected chi connectivity index (χ4v) is 4.65. The monoisotopic (exact) mass is 438 g/mol. The normalized spacial score (nSPS) is 21.8. The summed E-state index contributed by atoms with van der Waals surface area (Å²) in [4.78, 5) is 40.6. The van der Waals surface area contributed by atoms with Crippen molar-refractivity contribution < 1.29 is 29.7 Å². The summed E-state index contributed by atoms with van der Waals surface area (Å²) in [7, 11) is 3.79. The molecule has 4 rings (SSSR count). The third-order valence-electron chi connectivity index (χ3n) is 6.42. The van der Waals surface area contributed by atoms with Gasteiger partial charge in [0.1, 0.15) is 17.1 Å². The predicted molar refractivity (Wildman–Crippen MR) is 116 cm³/mol. The first-order valence-corrected chi connectivity index (χ1v) is 10.5. The molecule has 32 heavy (non-hydrogen) atoms. The highest BCUT2D eigenvalue weighted by molar-refractivity contribution is 6.30. The number of carbonyl (C=O) groups excluding carboxylic acids is 3. The topological polar surface area (TPSA) is 127 Å². The fourth-order valence-electron chi connectivity index (χ4n) is 4.65. The van der Waals surface area contributed by atoms with Crippen LogP contribution in [0, 0.1) is 0 Å². The van der Waals surface area contributed by atoms with E-state index in [2.05, 4.69) is 5.32 Å². The van der Waals surface area contributed by atoms with Crippen LogP contribution in [-0.4, -0.2) is 70.4 Å². The number of hydrogen-bond donors (Lipinski definition) is 4. The zero-order valence-electron chi connectivity index (χ0n) is 18.2. The van der Waals surface area contributed by atoms with Crippen molar-refractivity contribution in [1.29, 1.82) is 0 Å². The largest absolute Gasteiger partial charge is 0.507 e. The van der Waals surface area contributed by atoms with Crippen LogP contribution in [0.2, 0.25) is 0 Å². The van der Waals surface area contributed by atoms with E-state index < -0.39 is 40.5 Å². The summed E-state index contributed by atoms with van der Waals surface area (Å²) in [5.74, 6) is -2.48. The summed E-state index contributed by atoms with van der Waals surface area (Å²) < 4.78 is 0. The molecule has 2 aliphatic rings. The molecular weight excluding hydrogens is 412 g/mol. The minimum absolute atomic E-state index is 0.0345. The zero-order chi connectivity index (χ0) is 23.4. The molecule has 0 aliphatic heterocycles. The Morgan fingerprint density at radius 2 is 1.66 bits per heavy atom. The van der Waals surface area contributed by atoms with Gasteiger partial charge in [-0.3, -0.25) is 14.4 Å². The maximum absolute atomic E-state index is 13.2. The number of ketones is 3. The number of rotatable bonds is 5. The number of phenols is 2. The van der Waals surface area contributed by atoms with Crippen molar-refractivity contribution in [3.8, 4) is 11.5 Å². The zero-order valence-corrected chi connectivity index (χ0v) is 18.2. The van der Waals surface area contributed by atoms with Gasteiger partial charge in [0.05, 0.1) is 11.1 Å². The van der Waals surface area contributed by atoms with Crippen molar-refractivity contribution in [1.82, 2.24) is 10.2 Å². The number of phenolic OH excluding ortho intramolecular Hbond substituents is 2. The van der Waals surface area contributed by atoms with Crippen LogP contribution < -0.4 is 5.32 Å². The number of aliphatic hydroxyl groups is 1. The molecule has 2 aliphatic carbocycles. The van der Waals surface area contributed by atoms with Gasteiger partial charge in [-0.15, -0.1) is 0 Å². The minimum Gasteiger partial charge on any atom is -0.507 e. The fraction of sp³-hybridized carbons (Fsp3) is 0.375. The van der Waals surface area contributed by atoms with Gasteiger partial charge in [0.15, 0.2) is 17.3 Å². The van der Waals surface area contributed by atoms with Crippen molar-refractivity contribution in [2.75, 3.05) is 27.2 Å². The molecule has 0 heterocycles. The van der Waals surface area contributed by atoms with E-state index >= 15 is 0 Å². The lowest BCUT2D eigenvalue weighted by Crippen LogP contribution is -2.47. The Hall–Kier alpha value is -3.07. The lowest BCUT2D eigenvalue weighted by molar-refractivity contribution is -0.137. The van der Waals surface area contributed by atoms with Crippen molar-refractivity contribution >= 4 is 17.3 Å². The number of benzene rings is 2. The molecule has 8 nitrogen and oxygen atoms in total. The first kappa shape index (κ1) is 22.1. The molecule has 0 aromatic heterocycles. The molecule has 0 radical (unpaired) electrons. The van der Waals surface area contributed by atoms with E-state index in [-0.39, 0.29) is 46.2 Å². The minimum atomic E-state index is -1.78. The van der Waals surface area contributed by atoms with E-state index in [9.17, 15) is 29.7 Å². The molecule has 0 bridgehead atoms. The number of nitrogens with one attached hydrogen (secondary N) is 1. The Bertz CT molecular complexity index is 1160. The Morgan fingerprint density at radius 3 is 2.19 bits per heavy atom. The predicted octanol–water partition coefficient (Wildman–Crippen LogP) is 1.33. The maximum Gasteiger partial charge on any atom is 0.198 e. The second-order valence-electron chi connectivity index (χ2n) is 8.82. The standard InChI is InChI=1S/C24H26N2O6/c1-12(27)24(32)10-15-17(16(11-24)25-8-9-26(2)3)23(31)19-18(22(15)30)20(28)13-6-4-5-7-14(13)21(19)29/h4-7,16,25,30-32H,8-11H2,1-3H3/t16-,24-/m0/s1. The van der Waals surface area contributed by atoms with Crippen LogP contribution in [0.15, 0.2) is 24.3 Å². The molecule has 8 heteroatoms. The van der Waals surface area contributed by atoms with Gasteiger partial charge in [-0.25, -0.2) is 0 Å². The first-order chi connectivity index (χ1) is 15.1. The number of carbonyl (C=O) groups is 3. The third kappa shape index (κ3) is 3.31. The van der Waals surface area contributed by atoms with Gasteiger partial charge in [0.2, 0.25) is 0 Å². The molecule has 0 saturated carbocycles. The molecule has 2 atom stereocenters. The Labute approximate surface area is 185 Å². The van der Waals surface area contributed by atoms with Crippen molar-refractivity contribution in [3.05, 3.63) is 57.6 Å². The van der Waals surface area contributed by atoms with E-state index in [1.165, 1.54) is 19.1 Å². The van der Waals surface area contributed by atoms with Crippen LogP contribution in [0.3, 0.4) is 0 Å². The molecule has 0 fully saturated rings. The van der Waals surface area contributed by atoms with E-state index in [0.717, 1.165) is 0 Å². The first-order valence-electron chi connectivity index (χ1n) is 10.5. The van der Waals surface area contributed by atoms with E-state index in [1.54, 1.807) is 12.1 Å². The van der Waals surface area contributed by atoms with Crippen LogP contribution in [0.1, 0.15) is 62.4 Å². The van der Waals surface area contributed by atoms with Gasteiger partial charge in [0, 0.05) is 54.2 Å². The highest BCUT2D eigenvalue weighted by Gasteiger charge is 2.47. The van der Waals surface area contributed by atoms with Gasteiger partial charge in [0.25, 0.3) is 0 Å². The van der Waals surface area contributed by atoms with Gasteiger partial charge in [-0.2, -0.15) is 0 Å². The smallest absolute Gasteiger partial charge is 0.198 e. The number of Topliss-reactive ketones (excluding diaryl/α,β-unsaturated/α-hetero) is 1. The number of hydrogen-bond acceptors (Lipinski definition) is 8. The van der Waals surface area contributed by atoms with Gasteiger partial charge in [-0.05, 0) is 21.0 Å². The lowest BCUT2D eigenvalue weighted by atomic mass is 9.71. The average Bonchev–Trinajstić information content (AvgIpc) is 2.74. The molecule has 0 saturated heterocycles. The molecule has 4 N–H and O–H groups in total. The molecular formula is C24H26N2O6. The van der Waals surface area contributed by atoms with Crippen LogP contribution in [0.4, 0.5) is 0 Å². The lowest BCUT2D eigenvalue weighted by Gasteiger charge is -2.39. The van der Waals surface area contributed by atoms with Crippen molar-refractivity contribution in [2.24, 2.45) is 0 Å². The van der Waals surface area contributed by atoms with E-state index in [0.29, 0.717) is 13.1 Å². The second-order valence-corrected chi connectivity index (χ2v) is 8.82. The Morgan fingerprint density at radius 1 is 1.09 bits per heavy atom. The Balaban J connectivity index is 1.92. The highest BCUT2D eigenvalue weighted by atomic mass is 16.3. The molecule has 168 valence electrons. The third-order valence-corrected chi connectivity index (χ3v) is 6.42. The van der Waals surface area contributed by atoms with E-state index in [1.807, 2.05) is 19.0 Å². The highest BCUT2D eigenvalue weighted by Crippen LogP contribution is 2.50. The van der Waals surface area contributed by atoms with Gasteiger partial charge < -0.3 is 25.5 Å². The summed E-state index contributed by atoms with van der Waals surface area (Å²) in [6.45, 7) is 2.38. The SMILES string of the molecule is CC(=O)[C@]1(O)Cc2c(O)c3c(c(O)c2[C@@H](NCCN(C)C)C1)C(=O)c1ccccc1C3=O. The molecule has 2 aromatic carbocycles. The Kier molecular flexibility index (Phi) is 5.40. The number of likely N-dealkylation sites (N-methyl/N-ethyl adjacent to an activating group) is 1. The second kappa shape index (κ2) is 7.81. The van der Waals surface area contributed by atoms with Crippen LogP contribution in [-0.2, 0) is 11.2 Å². The summed E-state index contributed by atoms with van der Waals surface area (Å²) in [6, 6.07) is 5.54. The average molecular weight is 438 g/mol. The van der Waals surface area contributed by atoms with Gasteiger partial charge >= 0.3 is 0 Å². The summed E-state index contributed by atoms with van der Waals surface area (Å²) in [5.41, 5.74) is -1.66. The number of fused-ring (bicyclic) bond motifs is 3.